The highest BCUT2D eigenvalue weighted by atomic mass is 32.1. The van der Waals surface area contributed by atoms with E-state index in [1.165, 1.54) is 23.0 Å². The van der Waals surface area contributed by atoms with Gasteiger partial charge in [-0.1, -0.05) is 18.3 Å². The van der Waals surface area contributed by atoms with Crippen LogP contribution in [-0.2, 0) is 18.4 Å². The van der Waals surface area contributed by atoms with Crippen LogP contribution in [0.2, 0.25) is 0 Å². The molecule has 2 aromatic rings. The van der Waals surface area contributed by atoms with Crippen LogP contribution in [0, 0.1) is 5.92 Å². The van der Waals surface area contributed by atoms with Crippen LogP contribution in [0.4, 0.5) is 5.13 Å². The van der Waals surface area contributed by atoms with E-state index in [-0.39, 0.29) is 24.1 Å². The number of nitrogens with one attached hydrogen (secondary N) is 1. The number of rotatable bonds is 4. The normalized spacial score (nSPS) is 22.7. The van der Waals surface area contributed by atoms with E-state index < -0.39 is 5.69 Å². The smallest absolute Gasteiger partial charge is 0.332 e. The molecule has 9 heteroatoms. The van der Waals surface area contributed by atoms with Crippen molar-refractivity contribution < 1.29 is 4.79 Å². The van der Waals surface area contributed by atoms with Crippen LogP contribution in [-0.4, -0.2) is 39.2 Å². The van der Waals surface area contributed by atoms with Gasteiger partial charge in [0.05, 0.1) is 0 Å². The number of carbonyl (C=O) groups is 1. The van der Waals surface area contributed by atoms with E-state index in [2.05, 4.69) is 22.1 Å². The maximum absolute atomic E-state index is 12.7. The fourth-order valence-corrected chi connectivity index (χ4v) is 5.24. The van der Waals surface area contributed by atoms with Gasteiger partial charge in [-0.25, -0.2) is 9.78 Å². The Morgan fingerprint density at radius 3 is 2.54 bits per heavy atom. The molecule has 152 valence electrons. The van der Waals surface area contributed by atoms with Gasteiger partial charge in [0.15, 0.2) is 10.8 Å². The minimum absolute atomic E-state index is 0.112. The molecule has 0 bridgehead atoms. The molecule has 1 amide bonds. The second kappa shape index (κ2) is 7.69. The average molecular weight is 406 g/mol. The van der Waals surface area contributed by atoms with Crippen LogP contribution in [0.5, 0.6) is 0 Å². The summed E-state index contributed by atoms with van der Waals surface area (Å²) in [7, 11) is 1.45. The number of hydrogen-bond donors (Lipinski definition) is 1. The third-order valence-corrected chi connectivity index (χ3v) is 7.02. The summed E-state index contributed by atoms with van der Waals surface area (Å²) in [4.78, 5) is 44.6. The quantitative estimate of drug-likeness (QED) is 0.832. The number of nitrogens with zero attached hydrogens (tertiary/aromatic N) is 4. The van der Waals surface area contributed by atoms with E-state index >= 15 is 0 Å². The lowest BCUT2D eigenvalue weighted by atomic mass is 9.87. The molecule has 1 N–H and O–H groups in total. The van der Waals surface area contributed by atoms with Crippen molar-refractivity contribution in [1.29, 1.82) is 0 Å². The molecule has 1 aliphatic carbocycles. The number of hydrogen-bond acceptors (Lipinski definition) is 6. The summed E-state index contributed by atoms with van der Waals surface area (Å²) in [6.07, 6.45) is 6.37. The fourth-order valence-electron chi connectivity index (χ4n) is 4.14. The van der Waals surface area contributed by atoms with E-state index in [1.807, 2.05) is 0 Å². The third-order valence-electron chi connectivity index (χ3n) is 5.93. The first-order valence-corrected chi connectivity index (χ1v) is 10.9. The summed E-state index contributed by atoms with van der Waals surface area (Å²) in [6, 6.07) is 0.165. The van der Waals surface area contributed by atoms with Crippen molar-refractivity contribution in [3.63, 3.8) is 0 Å². The second-order valence-corrected chi connectivity index (χ2v) is 9.08. The molecule has 2 fully saturated rings. The SMILES string of the molecule is CC1CCC(NC(=O)Cn2c(=O)n(C)c(=O)c3sc(N4CCCC4)nc32)CC1. The number of anilines is 1. The predicted molar refractivity (Wildman–Crippen MR) is 110 cm³/mol. The highest BCUT2D eigenvalue weighted by Gasteiger charge is 2.24. The van der Waals surface area contributed by atoms with Crippen molar-refractivity contribution >= 4 is 32.7 Å². The van der Waals surface area contributed by atoms with Crippen molar-refractivity contribution in [3.05, 3.63) is 20.8 Å². The predicted octanol–water partition coefficient (Wildman–Crippen LogP) is 1.45. The highest BCUT2D eigenvalue weighted by Crippen LogP contribution is 2.28. The largest absolute Gasteiger partial charge is 0.352 e. The number of aromatic nitrogens is 3. The molecule has 0 spiro atoms. The van der Waals surface area contributed by atoms with Gasteiger partial charge < -0.3 is 10.2 Å². The molecule has 0 radical (unpaired) electrons. The van der Waals surface area contributed by atoms with Gasteiger partial charge in [0.2, 0.25) is 5.91 Å². The molecule has 0 aromatic carbocycles. The summed E-state index contributed by atoms with van der Waals surface area (Å²) in [5.74, 6) is 0.510. The van der Waals surface area contributed by atoms with Crippen molar-refractivity contribution in [3.8, 4) is 0 Å². The van der Waals surface area contributed by atoms with Crippen LogP contribution in [0.25, 0.3) is 10.3 Å². The molecule has 0 atom stereocenters. The standard InChI is InChI=1S/C19H27N5O3S/c1-12-5-7-13(8-6-12)20-14(25)11-24-16-15(17(26)22(2)19(24)27)28-18(21-16)23-9-3-4-10-23/h12-13H,3-11H2,1-2H3,(H,20,25). The van der Waals surface area contributed by atoms with E-state index in [0.29, 0.717) is 16.3 Å². The number of carbonyl (C=O) groups excluding carboxylic acids is 1. The molecule has 0 unspecified atom stereocenters. The summed E-state index contributed by atoms with van der Waals surface area (Å²) in [5.41, 5.74) is -0.517. The zero-order chi connectivity index (χ0) is 19.8. The van der Waals surface area contributed by atoms with Gasteiger partial charge in [-0.2, -0.15) is 0 Å². The Labute approximate surface area is 167 Å². The van der Waals surface area contributed by atoms with Gasteiger partial charge in [-0.15, -0.1) is 0 Å². The molecule has 1 saturated heterocycles. The molecule has 1 saturated carbocycles. The van der Waals surface area contributed by atoms with Crippen LogP contribution in [0.15, 0.2) is 9.59 Å². The number of fused-ring (bicyclic) bond motifs is 1. The molecule has 2 aliphatic rings. The van der Waals surface area contributed by atoms with Gasteiger partial charge in [-0.3, -0.25) is 18.7 Å². The Balaban J connectivity index is 1.62. The lowest BCUT2D eigenvalue weighted by Crippen LogP contribution is -2.43. The van der Waals surface area contributed by atoms with E-state index in [0.717, 1.165) is 61.3 Å². The molecular weight excluding hydrogens is 378 g/mol. The monoisotopic (exact) mass is 405 g/mol. The minimum Gasteiger partial charge on any atom is -0.352 e. The van der Waals surface area contributed by atoms with Gasteiger partial charge in [0, 0.05) is 26.2 Å². The first-order valence-electron chi connectivity index (χ1n) is 10.1. The Morgan fingerprint density at radius 2 is 1.86 bits per heavy atom. The fraction of sp³-hybridized carbons (Fsp3) is 0.684. The topological polar surface area (TPSA) is 89.2 Å². The van der Waals surface area contributed by atoms with Crippen LogP contribution >= 0.6 is 11.3 Å². The number of thiazole rings is 1. The summed E-state index contributed by atoms with van der Waals surface area (Å²) in [6.45, 7) is 3.94. The van der Waals surface area contributed by atoms with Gasteiger partial charge in [0.25, 0.3) is 5.56 Å². The van der Waals surface area contributed by atoms with Crippen molar-refractivity contribution in [2.75, 3.05) is 18.0 Å². The molecule has 2 aromatic heterocycles. The van der Waals surface area contributed by atoms with E-state index in [9.17, 15) is 14.4 Å². The molecule has 4 rings (SSSR count). The Morgan fingerprint density at radius 1 is 1.18 bits per heavy atom. The minimum atomic E-state index is -0.497. The van der Waals surface area contributed by atoms with Crippen molar-refractivity contribution in [2.24, 2.45) is 13.0 Å². The summed E-state index contributed by atoms with van der Waals surface area (Å²) in [5, 5.41) is 3.81. The van der Waals surface area contributed by atoms with E-state index in [1.54, 1.807) is 0 Å². The lowest BCUT2D eigenvalue weighted by molar-refractivity contribution is -0.122. The first kappa shape index (κ1) is 19.2. The summed E-state index contributed by atoms with van der Waals surface area (Å²) >= 11 is 1.31. The first-order chi connectivity index (χ1) is 13.4. The maximum Gasteiger partial charge on any atom is 0.332 e. The van der Waals surface area contributed by atoms with Gasteiger partial charge in [0.1, 0.15) is 11.2 Å². The molecule has 1 aliphatic heterocycles. The van der Waals surface area contributed by atoms with Crippen molar-refractivity contribution in [1.82, 2.24) is 19.4 Å². The van der Waals surface area contributed by atoms with Gasteiger partial charge in [-0.05, 0) is 44.4 Å². The Hall–Kier alpha value is -2.16. The average Bonchev–Trinajstić information content (AvgIpc) is 3.35. The third kappa shape index (κ3) is 3.59. The molecule has 8 nitrogen and oxygen atoms in total. The molecular formula is C19H27N5O3S. The zero-order valence-corrected chi connectivity index (χ0v) is 17.3. The Kier molecular flexibility index (Phi) is 5.27. The maximum atomic E-state index is 12.7. The van der Waals surface area contributed by atoms with Crippen LogP contribution < -0.4 is 21.5 Å². The molecule has 28 heavy (non-hydrogen) atoms. The van der Waals surface area contributed by atoms with Crippen LogP contribution in [0.3, 0.4) is 0 Å². The van der Waals surface area contributed by atoms with Crippen molar-refractivity contribution in [2.45, 2.75) is 58.0 Å². The summed E-state index contributed by atoms with van der Waals surface area (Å²) < 4.78 is 2.85. The van der Waals surface area contributed by atoms with Gasteiger partial charge >= 0.3 is 5.69 Å². The lowest BCUT2D eigenvalue weighted by Gasteiger charge is -2.27. The Bertz CT molecular complexity index is 993. The van der Waals surface area contributed by atoms with E-state index in [4.69, 9.17) is 0 Å². The number of amides is 1. The zero-order valence-electron chi connectivity index (χ0n) is 16.4. The van der Waals surface area contributed by atoms with Crippen LogP contribution in [0.1, 0.15) is 45.4 Å². The highest BCUT2D eigenvalue weighted by molar-refractivity contribution is 7.22. The second-order valence-electron chi connectivity index (χ2n) is 8.10. The molecule has 3 heterocycles.